The van der Waals surface area contributed by atoms with E-state index in [0.29, 0.717) is 42.6 Å². The van der Waals surface area contributed by atoms with E-state index in [1.54, 1.807) is 24.0 Å². The number of aryl methyl sites for hydroxylation is 1. The van der Waals surface area contributed by atoms with E-state index in [1.807, 2.05) is 36.1 Å². The van der Waals surface area contributed by atoms with Crippen LogP contribution in [0.15, 0.2) is 42.5 Å². The van der Waals surface area contributed by atoms with Crippen molar-refractivity contribution in [2.24, 2.45) is 0 Å². The van der Waals surface area contributed by atoms with Gasteiger partial charge >= 0.3 is 0 Å². The minimum absolute atomic E-state index is 0.0246. The Kier molecular flexibility index (Phi) is 6.04. The third-order valence-electron chi connectivity index (χ3n) is 4.72. The van der Waals surface area contributed by atoms with Crippen molar-refractivity contribution >= 4 is 28.9 Å². The molecular formula is C20H22ClN3O4. The quantitative estimate of drug-likeness (QED) is 0.562. The van der Waals surface area contributed by atoms with Gasteiger partial charge in [0.2, 0.25) is 0 Å². The van der Waals surface area contributed by atoms with Crippen molar-refractivity contribution in [3.8, 4) is 5.75 Å². The predicted molar refractivity (Wildman–Crippen MR) is 108 cm³/mol. The maximum absolute atomic E-state index is 12.7. The Balaban J connectivity index is 1.62. The van der Waals surface area contributed by atoms with Crippen molar-refractivity contribution in [1.29, 1.82) is 0 Å². The number of nitro benzene ring substituents is 1. The number of carbonyl (C=O) groups is 1. The lowest BCUT2D eigenvalue weighted by Gasteiger charge is -2.36. The molecule has 0 bridgehead atoms. The van der Waals surface area contributed by atoms with Gasteiger partial charge in [-0.05, 0) is 43.7 Å². The molecule has 1 amide bonds. The third kappa shape index (κ3) is 4.54. The van der Waals surface area contributed by atoms with E-state index in [2.05, 4.69) is 0 Å². The van der Waals surface area contributed by atoms with Gasteiger partial charge < -0.3 is 14.5 Å². The normalized spacial score (nSPS) is 15.2. The molecule has 1 fully saturated rings. The molecule has 7 nitrogen and oxygen atoms in total. The first-order chi connectivity index (χ1) is 13.3. The second-order valence-corrected chi connectivity index (χ2v) is 7.22. The Morgan fingerprint density at radius 2 is 1.89 bits per heavy atom. The molecule has 2 aromatic rings. The molecule has 1 aliphatic rings. The molecule has 1 atom stereocenters. The summed E-state index contributed by atoms with van der Waals surface area (Å²) in [4.78, 5) is 27.2. The zero-order valence-corrected chi connectivity index (χ0v) is 16.6. The lowest BCUT2D eigenvalue weighted by atomic mass is 10.2. The fourth-order valence-electron chi connectivity index (χ4n) is 3.28. The first-order valence-corrected chi connectivity index (χ1v) is 9.44. The van der Waals surface area contributed by atoms with Crippen LogP contribution in [0.3, 0.4) is 0 Å². The molecule has 0 aliphatic carbocycles. The van der Waals surface area contributed by atoms with Crippen molar-refractivity contribution in [2.75, 3.05) is 31.1 Å². The summed E-state index contributed by atoms with van der Waals surface area (Å²) in [7, 11) is 0. The molecule has 2 aromatic carbocycles. The van der Waals surface area contributed by atoms with Crippen molar-refractivity contribution in [3.05, 3.63) is 63.2 Å². The molecule has 0 N–H and O–H groups in total. The highest BCUT2D eigenvalue weighted by Gasteiger charge is 2.28. The number of carbonyl (C=O) groups excluding carboxylic acids is 1. The first kappa shape index (κ1) is 19.9. The lowest BCUT2D eigenvalue weighted by Crippen LogP contribution is -2.52. The fourth-order valence-corrected chi connectivity index (χ4v) is 3.44. The fraction of sp³-hybridized carbons (Fsp3) is 0.350. The second-order valence-electron chi connectivity index (χ2n) is 6.78. The van der Waals surface area contributed by atoms with Crippen LogP contribution in [-0.4, -0.2) is 48.0 Å². The summed E-state index contributed by atoms with van der Waals surface area (Å²) in [5.41, 5.74) is 1.56. The van der Waals surface area contributed by atoms with E-state index >= 15 is 0 Å². The number of nitrogens with zero attached hydrogens (tertiary/aromatic N) is 3. The predicted octanol–water partition coefficient (Wildman–Crippen LogP) is 3.67. The summed E-state index contributed by atoms with van der Waals surface area (Å²) in [6, 6.07) is 12.2. The largest absolute Gasteiger partial charge is 0.481 e. The van der Waals surface area contributed by atoms with Crippen molar-refractivity contribution < 1.29 is 14.5 Å². The summed E-state index contributed by atoms with van der Waals surface area (Å²) in [6.07, 6.45) is -0.599. The SMILES string of the molecule is Cc1cccc(OC(C)C(=O)N2CCN(c3ccc(Cl)cc3[N+](=O)[O-])CC2)c1. The molecule has 148 valence electrons. The standard InChI is InChI=1S/C20H22ClN3O4/c1-14-4-3-5-17(12-14)28-15(2)20(25)23-10-8-22(9-11-23)18-7-6-16(21)13-19(18)24(26)27/h3-7,12-13,15H,8-11H2,1-2H3. The Morgan fingerprint density at radius 1 is 1.18 bits per heavy atom. The van der Waals surface area contributed by atoms with Gasteiger partial charge in [-0.25, -0.2) is 0 Å². The van der Waals surface area contributed by atoms with Crippen LogP contribution in [0.25, 0.3) is 0 Å². The number of benzene rings is 2. The summed E-state index contributed by atoms with van der Waals surface area (Å²) in [5, 5.41) is 11.6. The molecule has 8 heteroatoms. The molecule has 3 rings (SSSR count). The zero-order chi connectivity index (χ0) is 20.3. The number of hydrogen-bond acceptors (Lipinski definition) is 5. The van der Waals surface area contributed by atoms with Gasteiger partial charge in [0.25, 0.3) is 11.6 Å². The maximum Gasteiger partial charge on any atom is 0.294 e. The van der Waals surface area contributed by atoms with E-state index in [1.165, 1.54) is 6.07 Å². The van der Waals surface area contributed by atoms with Crippen molar-refractivity contribution in [2.45, 2.75) is 20.0 Å². The highest BCUT2D eigenvalue weighted by molar-refractivity contribution is 6.30. The minimum atomic E-state index is -0.599. The van der Waals surface area contributed by atoms with Crippen LogP contribution in [0.5, 0.6) is 5.75 Å². The van der Waals surface area contributed by atoms with E-state index in [0.717, 1.165) is 5.56 Å². The van der Waals surface area contributed by atoms with Crippen LogP contribution < -0.4 is 9.64 Å². The van der Waals surface area contributed by atoms with Crippen LogP contribution in [0.1, 0.15) is 12.5 Å². The van der Waals surface area contributed by atoms with Gasteiger partial charge in [0.05, 0.1) is 4.92 Å². The number of anilines is 1. The van der Waals surface area contributed by atoms with Gasteiger partial charge in [0.15, 0.2) is 6.10 Å². The zero-order valence-electron chi connectivity index (χ0n) is 15.8. The highest BCUT2D eigenvalue weighted by Crippen LogP contribution is 2.31. The summed E-state index contributed by atoms with van der Waals surface area (Å²) < 4.78 is 5.78. The average Bonchev–Trinajstić information content (AvgIpc) is 2.67. The van der Waals surface area contributed by atoms with Gasteiger partial charge in [0, 0.05) is 37.3 Å². The van der Waals surface area contributed by atoms with Crippen LogP contribution in [0.2, 0.25) is 5.02 Å². The number of halogens is 1. The molecule has 0 radical (unpaired) electrons. The smallest absolute Gasteiger partial charge is 0.294 e. The molecule has 0 aromatic heterocycles. The second kappa shape index (κ2) is 8.48. The Hall–Kier alpha value is -2.80. The van der Waals surface area contributed by atoms with Gasteiger partial charge in [0.1, 0.15) is 11.4 Å². The van der Waals surface area contributed by atoms with E-state index in [-0.39, 0.29) is 11.6 Å². The molecular weight excluding hydrogens is 382 g/mol. The van der Waals surface area contributed by atoms with E-state index < -0.39 is 11.0 Å². The molecule has 1 aliphatic heterocycles. The topological polar surface area (TPSA) is 75.9 Å². The highest BCUT2D eigenvalue weighted by atomic mass is 35.5. The van der Waals surface area contributed by atoms with Crippen molar-refractivity contribution in [3.63, 3.8) is 0 Å². The molecule has 0 saturated carbocycles. The molecule has 0 spiro atoms. The Labute approximate surface area is 168 Å². The minimum Gasteiger partial charge on any atom is -0.481 e. The lowest BCUT2D eigenvalue weighted by molar-refractivity contribution is -0.384. The third-order valence-corrected chi connectivity index (χ3v) is 4.95. The summed E-state index contributed by atoms with van der Waals surface area (Å²) in [6.45, 7) is 5.66. The van der Waals surface area contributed by atoms with Crippen LogP contribution in [-0.2, 0) is 4.79 Å². The molecule has 1 heterocycles. The average molecular weight is 404 g/mol. The number of hydrogen-bond donors (Lipinski definition) is 0. The van der Waals surface area contributed by atoms with Crippen LogP contribution in [0.4, 0.5) is 11.4 Å². The summed E-state index contributed by atoms with van der Waals surface area (Å²) in [5.74, 6) is 0.572. The number of ether oxygens (including phenoxy) is 1. The van der Waals surface area contributed by atoms with Crippen molar-refractivity contribution in [1.82, 2.24) is 4.90 Å². The molecule has 1 saturated heterocycles. The summed E-state index contributed by atoms with van der Waals surface area (Å²) >= 11 is 5.89. The van der Waals surface area contributed by atoms with Gasteiger partial charge in [-0.1, -0.05) is 23.7 Å². The first-order valence-electron chi connectivity index (χ1n) is 9.06. The van der Waals surface area contributed by atoms with Crippen LogP contribution >= 0.6 is 11.6 Å². The Bertz CT molecular complexity index is 882. The number of nitro groups is 1. The van der Waals surface area contributed by atoms with Gasteiger partial charge in [-0.2, -0.15) is 0 Å². The van der Waals surface area contributed by atoms with Crippen LogP contribution in [0, 0.1) is 17.0 Å². The van der Waals surface area contributed by atoms with E-state index in [4.69, 9.17) is 16.3 Å². The van der Waals surface area contributed by atoms with Gasteiger partial charge in [-0.15, -0.1) is 0 Å². The maximum atomic E-state index is 12.7. The number of piperazine rings is 1. The Morgan fingerprint density at radius 3 is 2.54 bits per heavy atom. The number of rotatable bonds is 5. The van der Waals surface area contributed by atoms with E-state index in [9.17, 15) is 14.9 Å². The number of amides is 1. The molecule has 28 heavy (non-hydrogen) atoms. The van der Waals surface area contributed by atoms with Gasteiger partial charge in [-0.3, -0.25) is 14.9 Å². The molecule has 1 unspecified atom stereocenters. The monoisotopic (exact) mass is 403 g/mol.